The van der Waals surface area contributed by atoms with Crippen LogP contribution in [0.25, 0.3) is 0 Å². The largest absolute Gasteiger partial charge is 0.379 e. The molecule has 2 rings (SSSR count). The Morgan fingerprint density at radius 1 is 1.29 bits per heavy atom. The average molecular weight is 255 g/mol. The van der Waals surface area contributed by atoms with Crippen molar-refractivity contribution in [2.75, 3.05) is 50.3 Å². The van der Waals surface area contributed by atoms with E-state index in [2.05, 4.69) is 25.7 Å². The molecular formula is C10H17N5OS. The quantitative estimate of drug-likeness (QED) is 0.612. The number of hydrazine groups is 1. The highest BCUT2D eigenvalue weighted by Gasteiger charge is 2.11. The zero-order valence-corrected chi connectivity index (χ0v) is 10.9. The second kappa shape index (κ2) is 6.04. The average Bonchev–Trinajstić information content (AvgIpc) is 2.39. The topological polar surface area (TPSA) is 62.3 Å². The van der Waals surface area contributed by atoms with E-state index in [-0.39, 0.29) is 0 Å². The van der Waals surface area contributed by atoms with Gasteiger partial charge in [-0.15, -0.1) is 0 Å². The third-order valence-electron chi connectivity index (χ3n) is 2.43. The van der Waals surface area contributed by atoms with Crippen molar-refractivity contribution in [1.29, 1.82) is 0 Å². The molecular weight excluding hydrogens is 238 g/mol. The summed E-state index contributed by atoms with van der Waals surface area (Å²) in [4.78, 5) is 8.73. The van der Waals surface area contributed by atoms with E-state index in [1.165, 1.54) is 11.8 Å². The summed E-state index contributed by atoms with van der Waals surface area (Å²) in [5.74, 6) is 1.63. The van der Waals surface area contributed by atoms with E-state index in [1.807, 2.05) is 19.4 Å². The minimum Gasteiger partial charge on any atom is -0.379 e. The Balaban J connectivity index is 2.07. The summed E-state index contributed by atoms with van der Waals surface area (Å²) >= 11 is 1.53. The van der Waals surface area contributed by atoms with E-state index in [0.29, 0.717) is 0 Å². The first-order valence-corrected chi connectivity index (χ1v) is 6.74. The molecule has 0 spiro atoms. The van der Waals surface area contributed by atoms with Gasteiger partial charge in [0.05, 0.1) is 13.2 Å². The number of aromatic nitrogens is 2. The van der Waals surface area contributed by atoms with Crippen molar-refractivity contribution in [1.82, 2.24) is 15.0 Å². The van der Waals surface area contributed by atoms with Crippen LogP contribution >= 0.6 is 11.8 Å². The molecule has 0 radical (unpaired) electrons. The van der Waals surface area contributed by atoms with Crippen LogP contribution in [0.1, 0.15) is 0 Å². The molecule has 94 valence electrons. The first-order valence-electron chi connectivity index (χ1n) is 5.52. The van der Waals surface area contributed by atoms with Gasteiger partial charge in [0.25, 0.3) is 0 Å². The monoisotopic (exact) mass is 255 g/mol. The molecule has 6 nitrogen and oxygen atoms in total. The van der Waals surface area contributed by atoms with Crippen molar-refractivity contribution in [3.63, 3.8) is 0 Å². The molecule has 1 aromatic rings. The van der Waals surface area contributed by atoms with Crippen LogP contribution in [0.2, 0.25) is 0 Å². The fraction of sp³-hybridized carbons (Fsp3) is 0.600. The molecule has 2 heterocycles. The van der Waals surface area contributed by atoms with Crippen LogP contribution < -0.4 is 10.7 Å². The van der Waals surface area contributed by atoms with Gasteiger partial charge in [0.15, 0.2) is 5.16 Å². The second-order valence-electron chi connectivity index (χ2n) is 3.59. The van der Waals surface area contributed by atoms with Gasteiger partial charge in [0, 0.05) is 26.2 Å². The van der Waals surface area contributed by atoms with Crippen LogP contribution in [0.3, 0.4) is 0 Å². The lowest BCUT2D eigenvalue weighted by Crippen LogP contribution is -2.40. The highest BCUT2D eigenvalue weighted by Crippen LogP contribution is 2.17. The number of morpholine rings is 1. The number of anilines is 2. The second-order valence-corrected chi connectivity index (χ2v) is 4.36. The molecule has 0 amide bonds. The molecule has 0 atom stereocenters. The summed E-state index contributed by atoms with van der Waals surface area (Å²) in [5.41, 5.74) is 3.28. The number of nitrogens with zero attached hydrogens (tertiary/aromatic N) is 3. The number of hydrogen-bond acceptors (Lipinski definition) is 7. The number of ether oxygens (including phenoxy) is 1. The van der Waals surface area contributed by atoms with Crippen molar-refractivity contribution in [3.05, 3.63) is 6.07 Å². The Kier molecular flexibility index (Phi) is 4.41. The SMILES string of the molecule is CNc1cc(NN2CCOCC2)nc(SC)n1. The molecule has 2 N–H and O–H groups in total. The summed E-state index contributed by atoms with van der Waals surface area (Å²) < 4.78 is 5.30. The van der Waals surface area contributed by atoms with Crippen LogP contribution in [0.15, 0.2) is 11.2 Å². The van der Waals surface area contributed by atoms with Gasteiger partial charge in [-0.1, -0.05) is 11.8 Å². The molecule has 1 aromatic heterocycles. The smallest absolute Gasteiger partial charge is 0.191 e. The molecule has 7 heteroatoms. The fourth-order valence-electron chi connectivity index (χ4n) is 1.54. The zero-order valence-electron chi connectivity index (χ0n) is 10.1. The van der Waals surface area contributed by atoms with Crippen LogP contribution in [0, 0.1) is 0 Å². The highest BCUT2D eigenvalue weighted by atomic mass is 32.2. The molecule has 0 aliphatic carbocycles. The first-order chi connectivity index (χ1) is 8.31. The maximum Gasteiger partial charge on any atom is 0.191 e. The van der Waals surface area contributed by atoms with Gasteiger partial charge in [0.1, 0.15) is 11.6 Å². The van der Waals surface area contributed by atoms with E-state index in [9.17, 15) is 0 Å². The zero-order chi connectivity index (χ0) is 12.1. The van der Waals surface area contributed by atoms with Gasteiger partial charge in [-0.05, 0) is 6.26 Å². The number of nitrogens with one attached hydrogen (secondary N) is 2. The Bertz CT molecular complexity index is 347. The number of thioether (sulfide) groups is 1. The van der Waals surface area contributed by atoms with Gasteiger partial charge in [-0.25, -0.2) is 15.0 Å². The third-order valence-corrected chi connectivity index (χ3v) is 2.98. The van der Waals surface area contributed by atoms with E-state index >= 15 is 0 Å². The Morgan fingerprint density at radius 2 is 2.00 bits per heavy atom. The molecule has 0 unspecified atom stereocenters. The van der Waals surface area contributed by atoms with Crippen LogP contribution in [-0.2, 0) is 4.74 Å². The third kappa shape index (κ3) is 3.45. The standard InChI is InChI=1S/C10H17N5OS/c1-11-8-7-9(13-10(12-8)17-2)14-15-3-5-16-6-4-15/h7H,3-6H2,1-2H3,(H2,11,12,13,14). The van der Waals surface area contributed by atoms with Crippen LogP contribution in [-0.4, -0.2) is 54.6 Å². The summed E-state index contributed by atoms with van der Waals surface area (Å²) in [6.45, 7) is 3.25. The Hall–Kier alpha value is -1.05. The fourth-order valence-corrected chi connectivity index (χ4v) is 1.92. The Morgan fingerprint density at radius 3 is 2.65 bits per heavy atom. The van der Waals surface area contributed by atoms with E-state index < -0.39 is 0 Å². The van der Waals surface area contributed by atoms with Gasteiger partial charge < -0.3 is 15.5 Å². The molecule has 0 bridgehead atoms. The lowest BCUT2D eigenvalue weighted by atomic mass is 10.5. The van der Waals surface area contributed by atoms with Crippen molar-refractivity contribution in [2.45, 2.75) is 5.16 Å². The van der Waals surface area contributed by atoms with Crippen molar-refractivity contribution in [2.24, 2.45) is 0 Å². The summed E-state index contributed by atoms with van der Waals surface area (Å²) in [6.07, 6.45) is 1.97. The van der Waals surface area contributed by atoms with E-state index in [4.69, 9.17) is 4.74 Å². The minimum atomic E-state index is 0.756. The van der Waals surface area contributed by atoms with Crippen molar-refractivity contribution >= 4 is 23.4 Å². The summed E-state index contributed by atoms with van der Waals surface area (Å²) in [5, 5.41) is 5.90. The van der Waals surface area contributed by atoms with Crippen LogP contribution in [0.4, 0.5) is 11.6 Å². The highest BCUT2D eigenvalue weighted by molar-refractivity contribution is 7.98. The van der Waals surface area contributed by atoms with E-state index in [1.54, 1.807) is 0 Å². The first kappa shape index (κ1) is 12.4. The normalized spacial score (nSPS) is 16.8. The Labute approximate surface area is 105 Å². The summed E-state index contributed by atoms with van der Waals surface area (Å²) in [7, 11) is 1.85. The van der Waals surface area contributed by atoms with Crippen LogP contribution in [0.5, 0.6) is 0 Å². The minimum absolute atomic E-state index is 0.756. The maximum atomic E-state index is 5.30. The number of rotatable bonds is 4. The predicted octanol–water partition coefficient (Wildman–Crippen LogP) is 0.899. The van der Waals surface area contributed by atoms with Gasteiger partial charge in [-0.2, -0.15) is 0 Å². The predicted molar refractivity (Wildman–Crippen MR) is 69.4 cm³/mol. The molecule has 17 heavy (non-hydrogen) atoms. The molecule has 1 aliphatic rings. The molecule has 0 aromatic carbocycles. The molecule has 1 aliphatic heterocycles. The lowest BCUT2D eigenvalue weighted by molar-refractivity contribution is 0.0494. The lowest BCUT2D eigenvalue weighted by Gasteiger charge is -2.27. The van der Waals surface area contributed by atoms with Gasteiger partial charge in [-0.3, -0.25) is 0 Å². The molecule has 1 saturated heterocycles. The van der Waals surface area contributed by atoms with Gasteiger partial charge >= 0.3 is 0 Å². The van der Waals surface area contributed by atoms with E-state index in [0.717, 1.165) is 43.1 Å². The van der Waals surface area contributed by atoms with Crippen molar-refractivity contribution < 1.29 is 4.74 Å². The maximum absolute atomic E-state index is 5.30. The molecule has 0 saturated carbocycles. The van der Waals surface area contributed by atoms with Gasteiger partial charge in [0.2, 0.25) is 0 Å². The summed E-state index contributed by atoms with van der Waals surface area (Å²) in [6, 6.07) is 1.90. The van der Waals surface area contributed by atoms with Crippen molar-refractivity contribution in [3.8, 4) is 0 Å². The number of hydrogen-bond donors (Lipinski definition) is 2. The molecule has 1 fully saturated rings.